The smallest absolute Gasteiger partial charge is 0.310 e. The first-order chi connectivity index (χ1) is 16.0. The first-order valence-corrected chi connectivity index (χ1v) is 12.9. The Morgan fingerprint density at radius 3 is 2.35 bits per heavy atom. The van der Waals surface area contributed by atoms with Crippen molar-refractivity contribution in [2.75, 3.05) is 19.3 Å². The molecule has 182 valence electrons. The Labute approximate surface area is 198 Å². The minimum Gasteiger partial charge on any atom is -0.343 e. The molecule has 3 rings (SSSR count). The van der Waals surface area contributed by atoms with Crippen LogP contribution in [0.4, 0.5) is 4.39 Å². The van der Waals surface area contributed by atoms with Crippen LogP contribution in [0, 0.1) is 11.7 Å². The van der Waals surface area contributed by atoms with Gasteiger partial charge in [-0.25, -0.2) is 22.9 Å². The van der Waals surface area contributed by atoms with Gasteiger partial charge in [0.15, 0.2) is 9.84 Å². The molecule has 0 unspecified atom stereocenters. The van der Waals surface area contributed by atoms with Crippen LogP contribution in [0.5, 0.6) is 0 Å². The van der Waals surface area contributed by atoms with Gasteiger partial charge >= 0.3 is 5.91 Å². The van der Waals surface area contributed by atoms with Gasteiger partial charge < -0.3 is 10.6 Å². The number of amidine groups is 1. The maximum absolute atomic E-state index is 13.8. The van der Waals surface area contributed by atoms with Crippen LogP contribution >= 0.6 is 0 Å². The van der Waals surface area contributed by atoms with Crippen molar-refractivity contribution in [2.24, 2.45) is 11.7 Å². The molecule has 1 heterocycles. The number of amides is 2. The number of carbonyl (C=O) groups is 2. The molecule has 1 aliphatic rings. The average Bonchev–Trinajstić information content (AvgIpc) is 2.80. The molecule has 2 amide bonds. The van der Waals surface area contributed by atoms with Crippen LogP contribution in [0.2, 0.25) is 0 Å². The minimum atomic E-state index is -3.32. The van der Waals surface area contributed by atoms with Crippen LogP contribution in [0.15, 0.2) is 53.4 Å². The van der Waals surface area contributed by atoms with E-state index in [1.165, 1.54) is 30.3 Å². The highest BCUT2D eigenvalue weighted by atomic mass is 32.2. The van der Waals surface area contributed by atoms with E-state index >= 15 is 0 Å². The van der Waals surface area contributed by atoms with Gasteiger partial charge in [-0.2, -0.15) is 0 Å². The highest BCUT2D eigenvalue weighted by Crippen LogP contribution is 2.19. The van der Waals surface area contributed by atoms with Crippen LogP contribution in [-0.2, 0) is 25.8 Å². The molecule has 10 heteroatoms. The third kappa shape index (κ3) is 6.71. The molecular weight excluding hydrogens is 459 g/mol. The summed E-state index contributed by atoms with van der Waals surface area (Å²) in [6, 6.07) is 11.8. The van der Waals surface area contributed by atoms with Crippen LogP contribution in [0.3, 0.4) is 0 Å². The van der Waals surface area contributed by atoms with E-state index in [1.807, 2.05) is 0 Å². The molecule has 1 atom stereocenters. The van der Waals surface area contributed by atoms with E-state index < -0.39 is 15.9 Å². The molecule has 2 aromatic rings. The predicted molar refractivity (Wildman–Crippen MR) is 126 cm³/mol. The minimum absolute atomic E-state index is 0.107. The number of likely N-dealkylation sites (tertiary alicyclic amines) is 1. The lowest BCUT2D eigenvalue weighted by Gasteiger charge is -2.31. The summed E-state index contributed by atoms with van der Waals surface area (Å²) < 4.78 is 36.9. The lowest BCUT2D eigenvalue weighted by Crippen LogP contribution is -2.54. The summed E-state index contributed by atoms with van der Waals surface area (Å²) in [5.74, 6) is -0.847. The van der Waals surface area contributed by atoms with E-state index in [-0.39, 0.29) is 47.1 Å². The Morgan fingerprint density at radius 1 is 1.15 bits per heavy atom. The number of nitrogens with one attached hydrogen (secondary N) is 1. The fourth-order valence-electron chi connectivity index (χ4n) is 3.95. The van der Waals surface area contributed by atoms with Crippen molar-refractivity contribution in [1.82, 2.24) is 10.2 Å². The molecule has 0 aliphatic carbocycles. The van der Waals surface area contributed by atoms with Gasteiger partial charge in [-0.3, -0.25) is 10.2 Å². The zero-order valence-corrected chi connectivity index (χ0v) is 19.9. The molecular formula is C24H30FN4O4S+. The van der Waals surface area contributed by atoms with Gasteiger partial charge in [-0.05, 0) is 55.2 Å². The van der Waals surface area contributed by atoms with Crippen molar-refractivity contribution in [3.8, 4) is 0 Å². The molecule has 1 fully saturated rings. The molecule has 0 bridgehead atoms. The lowest BCUT2D eigenvalue weighted by atomic mass is 9.95. The molecule has 5 N–H and O–H groups in total. The lowest BCUT2D eigenvalue weighted by molar-refractivity contribution is -0.137. The number of hydrogen-bond donors (Lipinski definition) is 3. The average molecular weight is 490 g/mol. The van der Waals surface area contributed by atoms with E-state index in [2.05, 4.69) is 5.32 Å². The molecule has 1 saturated heterocycles. The summed E-state index contributed by atoms with van der Waals surface area (Å²) in [7, 11) is -3.32. The van der Waals surface area contributed by atoms with Gasteiger partial charge in [0, 0.05) is 31.8 Å². The third-order valence-corrected chi connectivity index (χ3v) is 7.08. The zero-order valence-electron chi connectivity index (χ0n) is 19.0. The molecule has 0 saturated carbocycles. The van der Waals surface area contributed by atoms with E-state index in [0.717, 1.165) is 6.26 Å². The van der Waals surface area contributed by atoms with Crippen molar-refractivity contribution in [3.63, 3.8) is 0 Å². The number of nitrogens with zero attached hydrogens (tertiary/aromatic N) is 1. The van der Waals surface area contributed by atoms with Crippen LogP contribution < -0.4 is 16.5 Å². The number of hydrogen-bond acceptors (Lipinski definition) is 5. The standard InChI is InChI=1S/C24H29FN4O4S/c1-34(32,33)20-8-6-16(7-9-20)23(27)28-24(31)17-10-12-29(13-11-17)22(30)15-19(26)14-18-4-2-3-5-21(18)25/h2-9,17,19H,10-15,26H2,1H3,(H2,27,28,31)/p+1/t19-/m1/s1. The van der Waals surface area contributed by atoms with Gasteiger partial charge in [0.25, 0.3) is 5.84 Å². The highest BCUT2D eigenvalue weighted by Gasteiger charge is 2.31. The summed E-state index contributed by atoms with van der Waals surface area (Å²) >= 11 is 0. The normalized spacial score (nSPS) is 15.6. The van der Waals surface area contributed by atoms with Crippen molar-refractivity contribution in [1.29, 1.82) is 0 Å². The van der Waals surface area contributed by atoms with E-state index in [9.17, 15) is 22.4 Å². The molecule has 2 aromatic carbocycles. The first-order valence-electron chi connectivity index (χ1n) is 11.0. The van der Waals surface area contributed by atoms with Gasteiger partial charge in [-0.15, -0.1) is 0 Å². The number of sulfone groups is 1. The van der Waals surface area contributed by atoms with Crippen LogP contribution in [0.25, 0.3) is 0 Å². The molecule has 1 aliphatic heterocycles. The number of piperidine rings is 1. The summed E-state index contributed by atoms with van der Waals surface area (Å²) in [6.07, 6.45) is 2.47. The topological polar surface area (TPSA) is 135 Å². The summed E-state index contributed by atoms with van der Waals surface area (Å²) in [4.78, 5) is 27.1. The second-order valence-corrected chi connectivity index (χ2v) is 10.6. The predicted octanol–water partition coefficient (Wildman–Crippen LogP) is 0.0498. The summed E-state index contributed by atoms with van der Waals surface area (Å²) in [5.41, 5.74) is 7.07. The fraction of sp³-hybridized carbons (Fsp3) is 0.375. The number of halogens is 1. The highest BCUT2D eigenvalue weighted by molar-refractivity contribution is 7.90. The number of rotatable bonds is 7. The van der Waals surface area contributed by atoms with Crippen LogP contribution in [0.1, 0.15) is 30.4 Å². The Kier molecular flexibility index (Phi) is 8.16. The Bertz CT molecular complexity index is 1160. The van der Waals surface area contributed by atoms with Gasteiger partial charge in [0.2, 0.25) is 5.91 Å². The molecule has 0 aromatic heterocycles. The number of nitrogens with two attached hydrogens (primary N) is 2. The SMILES string of the molecule is CS(=O)(=O)c1ccc(C(=[NH2+])NC(=O)C2CCN(C(=O)C[C@H](N)Cc3ccccc3F)CC2)cc1. The maximum atomic E-state index is 13.8. The van der Waals surface area contributed by atoms with Crippen molar-refractivity contribution >= 4 is 27.5 Å². The monoisotopic (exact) mass is 489 g/mol. The second kappa shape index (κ2) is 10.9. The molecule has 0 radical (unpaired) electrons. The van der Waals surface area contributed by atoms with Crippen molar-refractivity contribution in [3.05, 3.63) is 65.5 Å². The molecule has 0 spiro atoms. The zero-order chi connectivity index (χ0) is 24.9. The summed E-state index contributed by atoms with van der Waals surface area (Å²) in [5, 5.41) is 8.68. The molecule has 34 heavy (non-hydrogen) atoms. The Balaban J connectivity index is 1.46. The first kappa shape index (κ1) is 25.5. The third-order valence-electron chi connectivity index (χ3n) is 5.95. The summed E-state index contributed by atoms with van der Waals surface area (Å²) in [6.45, 7) is 0.846. The van der Waals surface area contributed by atoms with Gasteiger partial charge in [0.05, 0.1) is 16.4 Å². The van der Waals surface area contributed by atoms with E-state index in [0.29, 0.717) is 37.1 Å². The van der Waals surface area contributed by atoms with E-state index in [1.54, 1.807) is 23.1 Å². The van der Waals surface area contributed by atoms with Crippen molar-refractivity contribution < 1.29 is 27.8 Å². The van der Waals surface area contributed by atoms with Gasteiger partial charge in [0.1, 0.15) is 5.82 Å². The number of benzene rings is 2. The van der Waals surface area contributed by atoms with Crippen molar-refractivity contribution in [2.45, 2.75) is 36.6 Å². The Morgan fingerprint density at radius 2 is 1.76 bits per heavy atom. The Hall–Kier alpha value is -3.11. The number of carbonyl (C=O) groups excluding carboxylic acids is 2. The largest absolute Gasteiger partial charge is 0.343 e. The maximum Gasteiger partial charge on any atom is 0.310 e. The van der Waals surface area contributed by atoms with Crippen LogP contribution in [-0.4, -0.2) is 56.4 Å². The van der Waals surface area contributed by atoms with E-state index in [4.69, 9.17) is 11.1 Å². The second-order valence-electron chi connectivity index (χ2n) is 8.61. The molecule has 8 nitrogen and oxygen atoms in total. The quantitative estimate of drug-likeness (QED) is 0.373. The fourth-order valence-corrected chi connectivity index (χ4v) is 4.58. The van der Waals surface area contributed by atoms with Gasteiger partial charge in [-0.1, -0.05) is 18.2 Å².